The fourth-order valence-electron chi connectivity index (χ4n) is 2.38. The van der Waals surface area contributed by atoms with Gasteiger partial charge in [-0.3, -0.25) is 14.4 Å². The van der Waals surface area contributed by atoms with Crippen LogP contribution in [-0.4, -0.2) is 49.5 Å². The molecule has 0 radical (unpaired) electrons. The van der Waals surface area contributed by atoms with E-state index in [1.807, 2.05) is 19.1 Å². The van der Waals surface area contributed by atoms with Gasteiger partial charge in [-0.15, -0.1) is 0 Å². The molecule has 154 valence electrons. The number of amides is 2. The Morgan fingerprint density at radius 3 is 2.31 bits per heavy atom. The number of esters is 1. The van der Waals surface area contributed by atoms with Crippen molar-refractivity contribution in [1.82, 2.24) is 10.2 Å². The molecule has 2 rings (SSSR count). The number of rotatable bonds is 9. The summed E-state index contributed by atoms with van der Waals surface area (Å²) in [5, 5.41) is 3.07. The predicted octanol–water partition coefficient (Wildman–Crippen LogP) is 2.67. The van der Waals surface area contributed by atoms with Gasteiger partial charge >= 0.3 is 5.97 Å². The monoisotopic (exact) mass is 418 g/mol. The van der Waals surface area contributed by atoms with Crippen molar-refractivity contribution in [2.75, 3.05) is 26.8 Å². The molecule has 0 fully saturated rings. The first kappa shape index (κ1) is 22.2. The fraction of sp³-hybridized carbons (Fsp3) is 0.286. The lowest BCUT2D eigenvalue weighted by molar-refractivity contribution is -0.150. The number of ether oxygens (including phenoxy) is 2. The molecule has 0 aromatic heterocycles. The SMILES string of the molecule is CCOc1ccc(C(=O)NCC(=O)OCC(=O)N(C)Cc2ccc(Cl)cc2)cc1. The summed E-state index contributed by atoms with van der Waals surface area (Å²) in [5.74, 6) is -0.815. The first-order valence-corrected chi connectivity index (χ1v) is 9.42. The Balaban J connectivity index is 1.72. The molecule has 0 saturated heterocycles. The minimum atomic E-state index is -0.697. The van der Waals surface area contributed by atoms with E-state index in [-0.39, 0.29) is 12.5 Å². The number of halogens is 1. The highest BCUT2D eigenvalue weighted by atomic mass is 35.5. The molecule has 0 aliphatic rings. The van der Waals surface area contributed by atoms with Gasteiger partial charge in [0.2, 0.25) is 0 Å². The van der Waals surface area contributed by atoms with Crippen molar-refractivity contribution < 1.29 is 23.9 Å². The second-order valence-electron chi connectivity index (χ2n) is 6.18. The number of carbonyl (C=O) groups is 3. The Labute approximate surface area is 174 Å². The molecule has 0 aliphatic carbocycles. The van der Waals surface area contributed by atoms with Crippen molar-refractivity contribution in [3.63, 3.8) is 0 Å². The molecule has 0 heterocycles. The van der Waals surface area contributed by atoms with Crippen molar-refractivity contribution in [2.24, 2.45) is 0 Å². The van der Waals surface area contributed by atoms with Crippen molar-refractivity contribution in [1.29, 1.82) is 0 Å². The lowest BCUT2D eigenvalue weighted by Gasteiger charge is -2.17. The maximum Gasteiger partial charge on any atom is 0.325 e. The van der Waals surface area contributed by atoms with Crippen LogP contribution in [0.2, 0.25) is 5.02 Å². The maximum absolute atomic E-state index is 12.1. The smallest absolute Gasteiger partial charge is 0.325 e. The van der Waals surface area contributed by atoms with E-state index in [1.54, 1.807) is 43.4 Å². The Bertz CT molecular complexity index is 837. The standard InChI is InChI=1S/C21H23ClN2O5/c1-3-28-18-10-6-16(7-11-18)21(27)23-12-20(26)29-14-19(25)24(2)13-15-4-8-17(22)9-5-15/h4-11H,3,12-14H2,1-2H3,(H,23,27). The number of hydrogen-bond donors (Lipinski definition) is 1. The maximum atomic E-state index is 12.1. The molecule has 0 aliphatic heterocycles. The Morgan fingerprint density at radius 1 is 1.03 bits per heavy atom. The summed E-state index contributed by atoms with van der Waals surface area (Å²) in [6.45, 7) is 2.03. The second-order valence-corrected chi connectivity index (χ2v) is 6.61. The number of likely N-dealkylation sites (N-methyl/N-ethyl adjacent to an activating group) is 1. The quantitative estimate of drug-likeness (QED) is 0.633. The van der Waals surface area contributed by atoms with Crippen molar-refractivity contribution >= 4 is 29.4 Å². The molecule has 2 amide bonds. The van der Waals surface area contributed by atoms with E-state index in [9.17, 15) is 14.4 Å². The van der Waals surface area contributed by atoms with Crippen LogP contribution in [0, 0.1) is 0 Å². The Hall–Kier alpha value is -3.06. The summed E-state index contributed by atoms with van der Waals surface area (Å²) in [6.07, 6.45) is 0. The first-order chi connectivity index (χ1) is 13.9. The summed E-state index contributed by atoms with van der Waals surface area (Å²) in [7, 11) is 1.61. The Kier molecular flexibility index (Phi) is 8.48. The molecule has 0 atom stereocenters. The van der Waals surface area contributed by atoms with Gasteiger partial charge in [-0.1, -0.05) is 23.7 Å². The van der Waals surface area contributed by atoms with Gasteiger partial charge in [0.15, 0.2) is 6.61 Å². The molecular weight excluding hydrogens is 396 g/mol. The van der Waals surface area contributed by atoms with Gasteiger partial charge in [0.1, 0.15) is 12.3 Å². The van der Waals surface area contributed by atoms with Gasteiger partial charge < -0.3 is 19.7 Å². The average molecular weight is 419 g/mol. The third kappa shape index (κ3) is 7.46. The molecule has 29 heavy (non-hydrogen) atoms. The highest BCUT2D eigenvalue weighted by molar-refractivity contribution is 6.30. The molecule has 1 N–H and O–H groups in total. The fourth-order valence-corrected chi connectivity index (χ4v) is 2.51. The third-order valence-electron chi connectivity index (χ3n) is 3.94. The highest BCUT2D eigenvalue weighted by Gasteiger charge is 2.14. The van der Waals surface area contributed by atoms with Crippen molar-refractivity contribution in [3.8, 4) is 5.75 Å². The molecule has 2 aromatic rings. The molecule has 7 nitrogen and oxygen atoms in total. The zero-order valence-corrected chi connectivity index (χ0v) is 17.1. The third-order valence-corrected chi connectivity index (χ3v) is 4.19. The number of nitrogens with zero attached hydrogens (tertiary/aromatic N) is 1. The molecule has 8 heteroatoms. The lowest BCUT2D eigenvalue weighted by atomic mass is 10.2. The van der Waals surface area contributed by atoms with E-state index < -0.39 is 18.5 Å². The van der Waals surface area contributed by atoms with Crippen LogP contribution < -0.4 is 10.1 Å². The Morgan fingerprint density at radius 2 is 1.69 bits per heavy atom. The van der Waals surface area contributed by atoms with Crippen LogP contribution in [0.1, 0.15) is 22.8 Å². The number of carbonyl (C=O) groups excluding carboxylic acids is 3. The van der Waals surface area contributed by atoms with E-state index in [2.05, 4.69) is 5.32 Å². The molecule has 0 bridgehead atoms. The van der Waals surface area contributed by atoms with Gasteiger partial charge in [0, 0.05) is 24.2 Å². The number of benzene rings is 2. The molecule has 0 unspecified atom stereocenters. The predicted molar refractivity (Wildman–Crippen MR) is 109 cm³/mol. The van der Waals surface area contributed by atoms with E-state index in [1.165, 1.54) is 4.90 Å². The van der Waals surface area contributed by atoms with Crippen LogP contribution in [0.3, 0.4) is 0 Å². The van der Waals surface area contributed by atoms with Crippen LogP contribution in [0.4, 0.5) is 0 Å². The molecular formula is C21H23ClN2O5. The van der Waals surface area contributed by atoms with Crippen molar-refractivity contribution in [3.05, 3.63) is 64.7 Å². The largest absolute Gasteiger partial charge is 0.494 e. The first-order valence-electron chi connectivity index (χ1n) is 9.04. The van der Waals surface area contributed by atoms with E-state index in [4.69, 9.17) is 21.1 Å². The summed E-state index contributed by atoms with van der Waals surface area (Å²) in [4.78, 5) is 37.4. The average Bonchev–Trinajstić information content (AvgIpc) is 2.72. The van der Waals surface area contributed by atoms with Gasteiger partial charge in [-0.25, -0.2) is 0 Å². The zero-order valence-electron chi connectivity index (χ0n) is 16.3. The van der Waals surface area contributed by atoms with Crippen LogP contribution in [0.5, 0.6) is 5.75 Å². The molecule has 2 aromatic carbocycles. The molecule has 0 spiro atoms. The zero-order chi connectivity index (χ0) is 21.2. The van der Waals surface area contributed by atoms with Crippen LogP contribution in [0.15, 0.2) is 48.5 Å². The lowest BCUT2D eigenvalue weighted by Crippen LogP contribution is -2.34. The number of nitrogens with one attached hydrogen (secondary N) is 1. The minimum absolute atomic E-state index is 0.333. The van der Waals surface area contributed by atoms with Crippen molar-refractivity contribution in [2.45, 2.75) is 13.5 Å². The molecule has 0 saturated carbocycles. The summed E-state index contributed by atoms with van der Waals surface area (Å²) in [6, 6.07) is 13.6. The second kappa shape index (κ2) is 11.1. The summed E-state index contributed by atoms with van der Waals surface area (Å²) >= 11 is 5.83. The number of hydrogen-bond acceptors (Lipinski definition) is 5. The van der Waals surface area contributed by atoms with Gasteiger partial charge in [0.25, 0.3) is 11.8 Å². The minimum Gasteiger partial charge on any atom is -0.494 e. The van der Waals surface area contributed by atoms with Crippen LogP contribution in [-0.2, 0) is 20.9 Å². The van der Waals surface area contributed by atoms with E-state index >= 15 is 0 Å². The topological polar surface area (TPSA) is 84.9 Å². The normalized spacial score (nSPS) is 10.2. The highest BCUT2D eigenvalue weighted by Crippen LogP contribution is 2.12. The summed E-state index contributed by atoms with van der Waals surface area (Å²) in [5.41, 5.74) is 1.29. The van der Waals surface area contributed by atoms with Gasteiger partial charge in [-0.05, 0) is 48.9 Å². The van der Waals surface area contributed by atoms with Crippen LogP contribution >= 0.6 is 11.6 Å². The van der Waals surface area contributed by atoms with E-state index in [0.717, 1.165) is 5.56 Å². The summed E-state index contributed by atoms with van der Waals surface area (Å²) < 4.78 is 10.2. The van der Waals surface area contributed by atoms with Gasteiger partial charge in [-0.2, -0.15) is 0 Å². The van der Waals surface area contributed by atoms with E-state index in [0.29, 0.717) is 29.5 Å². The van der Waals surface area contributed by atoms with Gasteiger partial charge in [0.05, 0.1) is 6.61 Å². The van der Waals surface area contributed by atoms with Crippen LogP contribution in [0.25, 0.3) is 0 Å².